The van der Waals surface area contributed by atoms with E-state index in [-0.39, 0.29) is 11.5 Å². The summed E-state index contributed by atoms with van der Waals surface area (Å²) < 4.78 is 21.3. The van der Waals surface area contributed by atoms with E-state index in [0.717, 1.165) is 5.56 Å². The maximum Gasteiger partial charge on any atom is 0.343 e. The molecule has 1 aliphatic rings. The lowest BCUT2D eigenvalue weighted by molar-refractivity contribution is 0.0734. The Morgan fingerprint density at radius 1 is 0.867 bits per heavy atom. The molecule has 150 valence electrons. The lowest BCUT2D eigenvalue weighted by Gasteiger charge is -2.06. The van der Waals surface area contributed by atoms with E-state index in [1.165, 1.54) is 7.11 Å². The second kappa shape index (κ2) is 8.13. The van der Waals surface area contributed by atoms with Crippen molar-refractivity contribution < 1.29 is 28.5 Å². The van der Waals surface area contributed by atoms with Crippen LogP contribution >= 0.6 is 0 Å². The molecule has 3 aromatic carbocycles. The van der Waals surface area contributed by atoms with Crippen molar-refractivity contribution >= 4 is 17.8 Å². The van der Waals surface area contributed by atoms with Crippen LogP contribution in [-0.4, -0.2) is 26.0 Å². The average Bonchev–Trinajstić information content (AvgIpc) is 3.09. The highest BCUT2D eigenvalue weighted by Gasteiger charge is 2.27. The molecule has 0 amide bonds. The smallest absolute Gasteiger partial charge is 0.343 e. The van der Waals surface area contributed by atoms with Crippen molar-refractivity contribution in [1.29, 1.82) is 0 Å². The molecule has 0 saturated heterocycles. The van der Waals surface area contributed by atoms with Gasteiger partial charge in [0.15, 0.2) is 5.76 Å². The molecule has 0 spiro atoms. The van der Waals surface area contributed by atoms with Crippen LogP contribution in [0.2, 0.25) is 0 Å². The first kappa shape index (κ1) is 19.3. The Kier molecular flexibility index (Phi) is 5.22. The quantitative estimate of drug-likeness (QED) is 0.355. The summed E-state index contributed by atoms with van der Waals surface area (Å²) in [5.41, 5.74) is 1.61. The van der Waals surface area contributed by atoms with Gasteiger partial charge >= 0.3 is 5.97 Å². The first-order chi connectivity index (χ1) is 14.6. The third-order valence-corrected chi connectivity index (χ3v) is 4.57. The number of ketones is 1. The summed E-state index contributed by atoms with van der Waals surface area (Å²) in [5, 5.41) is 0. The van der Waals surface area contributed by atoms with Crippen LogP contribution < -0.4 is 18.9 Å². The molecule has 0 fully saturated rings. The van der Waals surface area contributed by atoms with Crippen LogP contribution in [-0.2, 0) is 0 Å². The van der Waals surface area contributed by atoms with Crippen molar-refractivity contribution in [1.82, 2.24) is 0 Å². The normalized spacial score (nSPS) is 13.5. The van der Waals surface area contributed by atoms with E-state index < -0.39 is 5.97 Å². The Morgan fingerprint density at radius 3 is 2.30 bits per heavy atom. The van der Waals surface area contributed by atoms with Gasteiger partial charge in [0.05, 0.1) is 25.3 Å². The number of rotatable bonds is 5. The molecule has 3 aromatic rings. The minimum Gasteiger partial charge on any atom is -0.497 e. The molecular formula is C24H18O6. The van der Waals surface area contributed by atoms with Gasteiger partial charge in [0, 0.05) is 6.07 Å². The highest BCUT2D eigenvalue weighted by Crippen LogP contribution is 2.34. The molecule has 0 atom stereocenters. The maximum atomic E-state index is 12.5. The first-order valence-corrected chi connectivity index (χ1v) is 9.16. The molecular weight excluding hydrogens is 384 g/mol. The molecule has 0 saturated carbocycles. The predicted molar refractivity (Wildman–Crippen MR) is 110 cm³/mol. The fourth-order valence-corrected chi connectivity index (χ4v) is 2.99. The number of benzene rings is 3. The Bertz CT molecular complexity index is 1140. The van der Waals surface area contributed by atoms with Crippen molar-refractivity contribution in [3.63, 3.8) is 0 Å². The molecule has 0 aromatic heterocycles. The zero-order valence-electron chi connectivity index (χ0n) is 16.4. The van der Waals surface area contributed by atoms with Gasteiger partial charge in [-0.15, -0.1) is 0 Å². The third kappa shape index (κ3) is 3.89. The summed E-state index contributed by atoms with van der Waals surface area (Å²) in [5.74, 6) is 1.58. The summed E-state index contributed by atoms with van der Waals surface area (Å²) in [4.78, 5) is 24.8. The molecule has 6 nitrogen and oxygen atoms in total. The fourth-order valence-electron chi connectivity index (χ4n) is 2.99. The van der Waals surface area contributed by atoms with Gasteiger partial charge in [-0.3, -0.25) is 4.79 Å². The largest absolute Gasteiger partial charge is 0.497 e. The van der Waals surface area contributed by atoms with E-state index in [4.69, 9.17) is 18.9 Å². The van der Waals surface area contributed by atoms with Gasteiger partial charge in [0.1, 0.15) is 23.0 Å². The van der Waals surface area contributed by atoms with Crippen molar-refractivity contribution in [2.75, 3.05) is 14.2 Å². The number of methoxy groups -OCH3 is 2. The minimum atomic E-state index is -0.487. The number of allylic oxidation sites excluding steroid dienone is 1. The number of hydrogen-bond donors (Lipinski definition) is 0. The average molecular weight is 402 g/mol. The van der Waals surface area contributed by atoms with Gasteiger partial charge in [0.2, 0.25) is 5.78 Å². The summed E-state index contributed by atoms with van der Waals surface area (Å²) in [6, 6.07) is 18.6. The van der Waals surface area contributed by atoms with Crippen LogP contribution in [0.1, 0.15) is 26.3 Å². The number of ether oxygens (including phenoxy) is 4. The molecule has 4 rings (SSSR count). The van der Waals surface area contributed by atoms with E-state index in [1.807, 2.05) is 0 Å². The summed E-state index contributed by atoms with van der Waals surface area (Å²) in [7, 11) is 3.09. The molecule has 1 heterocycles. The van der Waals surface area contributed by atoms with E-state index in [1.54, 1.807) is 79.9 Å². The van der Waals surface area contributed by atoms with Gasteiger partial charge in [-0.05, 0) is 54.1 Å². The van der Waals surface area contributed by atoms with Gasteiger partial charge in [0.25, 0.3) is 0 Å². The molecule has 30 heavy (non-hydrogen) atoms. The molecule has 0 N–H and O–H groups in total. The topological polar surface area (TPSA) is 71.1 Å². The zero-order valence-corrected chi connectivity index (χ0v) is 16.4. The Balaban J connectivity index is 1.47. The lowest BCUT2D eigenvalue weighted by Crippen LogP contribution is -2.08. The maximum absolute atomic E-state index is 12.5. The second-order valence-electron chi connectivity index (χ2n) is 6.49. The minimum absolute atomic E-state index is 0.193. The van der Waals surface area contributed by atoms with Crippen molar-refractivity contribution in [2.45, 2.75) is 0 Å². The SMILES string of the molecule is COc1cccc(C(=O)Oc2ccc(/C=C3\Oc4cc(OC)ccc4C3=O)cc2)c1. The van der Waals surface area contributed by atoms with Crippen LogP contribution in [0.25, 0.3) is 6.08 Å². The summed E-state index contributed by atoms with van der Waals surface area (Å²) in [6.07, 6.45) is 1.64. The fraction of sp³-hybridized carbons (Fsp3) is 0.0833. The van der Waals surface area contributed by atoms with Gasteiger partial charge in [-0.25, -0.2) is 4.79 Å². The van der Waals surface area contributed by atoms with Gasteiger partial charge in [-0.1, -0.05) is 18.2 Å². The van der Waals surface area contributed by atoms with E-state index in [9.17, 15) is 9.59 Å². The second-order valence-corrected chi connectivity index (χ2v) is 6.49. The lowest BCUT2D eigenvalue weighted by atomic mass is 10.1. The Hall–Kier alpha value is -4.06. The summed E-state index contributed by atoms with van der Waals surface area (Å²) in [6.45, 7) is 0. The number of fused-ring (bicyclic) bond motifs is 1. The molecule has 0 bridgehead atoms. The van der Waals surface area contributed by atoms with Crippen LogP contribution in [0.4, 0.5) is 0 Å². The number of carbonyl (C=O) groups is 2. The molecule has 6 heteroatoms. The highest BCUT2D eigenvalue weighted by atomic mass is 16.5. The third-order valence-electron chi connectivity index (χ3n) is 4.57. The van der Waals surface area contributed by atoms with Gasteiger partial charge in [-0.2, -0.15) is 0 Å². The molecule has 0 radical (unpaired) electrons. The van der Waals surface area contributed by atoms with Crippen LogP contribution in [0.3, 0.4) is 0 Å². The van der Waals surface area contributed by atoms with Crippen molar-refractivity contribution in [2.24, 2.45) is 0 Å². The predicted octanol–water partition coefficient (Wildman–Crippen LogP) is 4.54. The highest BCUT2D eigenvalue weighted by molar-refractivity contribution is 6.14. The zero-order chi connectivity index (χ0) is 21.1. The van der Waals surface area contributed by atoms with E-state index >= 15 is 0 Å². The monoisotopic (exact) mass is 402 g/mol. The number of hydrogen-bond acceptors (Lipinski definition) is 6. The van der Waals surface area contributed by atoms with Crippen LogP contribution in [0.5, 0.6) is 23.0 Å². The van der Waals surface area contributed by atoms with E-state index in [0.29, 0.717) is 34.1 Å². The van der Waals surface area contributed by atoms with Gasteiger partial charge < -0.3 is 18.9 Å². The standard InChI is InChI=1S/C24H18O6/c1-27-18-5-3-4-16(13-18)24(26)29-17-8-6-15(7-9-17)12-22-23(25)20-11-10-19(28-2)14-21(20)30-22/h3-14H,1-2H3/b22-12-. The van der Waals surface area contributed by atoms with Crippen molar-refractivity contribution in [3.8, 4) is 23.0 Å². The number of carbonyl (C=O) groups excluding carboxylic acids is 2. The Morgan fingerprint density at radius 2 is 1.57 bits per heavy atom. The first-order valence-electron chi connectivity index (χ1n) is 9.16. The molecule has 0 unspecified atom stereocenters. The summed E-state index contributed by atoms with van der Waals surface area (Å²) >= 11 is 0. The van der Waals surface area contributed by atoms with Crippen molar-refractivity contribution in [3.05, 3.63) is 89.2 Å². The van der Waals surface area contributed by atoms with E-state index in [2.05, 4.69) is 0 Å². The Labute approximate surface area is 173 Å². The number of Topliss-reactive ketones (excluding diaryl/α,β-unsaturated/α-hetero) is 1. The molecule has 0 aliphatic carbocycles. The van der Waals surface area contributed by atoms with Crippen LogP contribution in [0.15, 0.2) is 72.5 Å². The van der Waals surface area contributed by atoms with Crippen LogP contribution in [0, 0.1) is 0 Å². The molecule has 1 aliphatic heterocycles. The number of esters is 1.